The summed E-state index contributed by atoms with van der Waals surface area (Å²) < 4.78 is 23.4. The van der Waals surface area contributed by atoms with E-state index in [0.29, 0.717) is 17.8 Å². The first-order valence-electron chi connectivity index (χ1n) is 9.20. The van der Waals surface area contributed by atoms with Crippen LogP contribution in [0.2, 0.25) is 0 Å². The van der Waals surface area contributed by atoms with E-state index in [-0.39, 0.29) is 36.5 Å². The van der Waals surface area contributed by atoms with Crippen molar-refractivity contribution in [3.63, 3.8) is 0 Å². The van der Waals surface area contributed by atoms with E-state index in [1.807, 2.05) is 30.3 Å². The van der Waals surface area contributed by atoms with Crippen molar-refractivity contribution in [3.8, 4) is 12.3 Å². The Hall–Kier alpha value is -3.02. The van der Waals surface area contributed by atoms with Crippen LogP contribution in [0.1, 0.15) is 6.42 Å². The number of carbonyl (C=O) groups excluding carboxylic acids is 1. The second-order valence-electron chi connectivity index (χ2n) is 6.80. The maximum Gasteiger partial charge on any atom is 0.238 e. The van der Waals surface area contributed by atoms with Crippen LogP contribution in [0, 0.1) is 12.3 Å². The smallest absolute Gasteiger partial charge is 0.238 e. The van der Waals surface area contributed by atoms with E-state index in [1.165, 1.54) is 0 Å². The first-order chi connectivity index (χ1) is 13.9. The summed E-state index contributed by atoms with van der Waals surface area (Å²) in [5.41, 5.74) is 2.04. The maximum atomic E-state index is 12.4. The number of nitrogens with zero attached hydrogens (tertiary/aromatic N) is 3. The van der Waals surface area contributed by atoms with Crippen LogP contribution in [0.3, 0.4) is 0 Å². The van der Waals surface area contributed by atoms with Gasteiger partial charge in [0, 0.05) is 11.7 Å². The van der Waals surface area contributed by atoms with Crippen molar-refractivity contribution in [2.75, 3.05) is 29.9 Å². The lowest BCUT2D eigenvalue weighted by Gasteiger charge is -2.25. The third kappa shape index (κ3) is 6.24. The summed E-state index contributed by atoms with van der Waals surface area (Å²) >= 11 is 0. The van der Waals surface area contributed by atoms with Gasteiger partial charge in [0.05, 0.1) is 36.0 Å². The first kappa shape index (κ1) is 20.7. The zero-order valence-corrected chi connectivity index (χ0v) is 16.7. The summed E-state index contributed by atoms with van der Waals surface area (Å²) in [5, 5.41) is 11.1. The second kappa shape index (κ2) is 9.45. The molecule has 2 aromatic rings. The van der Waals surface area contributed by atoms with Gasteiger partial charge in [0.1, 0.15) is 0 Å². The quantitative estimate of drug-likeness (QED) is 0.561. The van der Waals surface area contributed by atoms with Crippen molar-refractivity contribution in [2.24, 2.45) is 10.2 Å². The van der Waals surface area contributed by atoms with Crippen molar-refractivity contribution in [1.82, 2.24) is 4.90 Å². The number of azo groups is 1. The molecule has 150 valence electrons. The predicted octanol–water partition coefficient (Wildman–Crippen LogP) is 3.16. The van der Waals surface area contributed by atoms with E-state index in [2.05, 4.69) is 21.5 Å². The molecule has 0 saturated carbocycles. The largest absolute Gasteiger partial charge is 0.325 e. The second-order valence-corrected chi connectivity index (χ2v) is 9.03. The van der Waals surface area contributed by atoms with Gasteiger partial charge in [-0.25, -0.2) is 8.42 Å². The van der Waals surface area contributed by atoms with Gasteiger partial charge < -0.3 is 5.32 Å². The Bertz CT molecular complexity index is 1010. The molecule has 1 atom stereocenters. The summed E-state index contributed by atoms with van der Waals surface area (Å²) in [5.74, 6) is 2.44. The highest BCUT2D eigenvalue weighted by Crippen LogP contribution is 2.21. The Morgan fingerprint density at radius 2 is 1.76 bits per heavy atom. The van der Waals surface area contributed by atoms with Gasteiger partial charge in [0.15, 0.2) is 9.84 Å². The van der Waals surface area contributed by atoms with Crippen LogP contribution in [0.5, 0.6) is 0 Å². The fourth-order valence-corrected chi connectivity index (χ4v) is 4.86. The highest BCUT2D eigenvalue weighted by Gasteiger charge is 2.32. The van der Waals surface area contributed by atoms with Crippen LogP contribution in [0.4, 0.5) is 17.1 Å². The molecule has 2 aromatic carbocycles. The molecular formula is C21H22N4O3S. The average molecular weight is 410 g/mol. The van der Waals surface area contributed by atoms with E-state index >= 15 is 0 Å². The van der Waals surface area contributed by atoms with Crippen molar-refractivity contribution in [3.05, 3.63) is 54.6 Å². The molecule has 1 aliphatic rings. The summed E-state index contributed by atoms with van der Waals surface area (Å²) in [6, 6.07) is 16.2. The van der Waals surface area contributed by atoms with Crippen molar-refractivity contribution in [2.45, 2.75) is 12.5 Å². The third-order valence-electron chi connectivity index (χ3n) is 4.55. The Balaban J connectivity index is 1.57. The molecule has 1 N–H and O–H groups in total. The van der Waals surface area contributed by atoms with Crippen molar-refractivity contribution < 1.29 is 13.2 Å². The van der Waals surface area contributed by atoms with Crippen LogP contribution in [-0.2, 0) is 14.6 Å². The van der Waals surface area contributed by atoms with Crippen molar-refractivity contribution in [1.29, 1.82) is 0 Å². The minimum atomic E-state index is -3.05. The average Bonchev–Trinajstić information content (AvgIpc) is 3.07. The van der Waals surface area contributed by atoms with Crippen LogP contribution in [-0.4, -0.2) is 49.9 Å². The van der Waals surface area contributed by atoms with Gasteiger partial charge in [-0.3, -0.25) is 9.69 Å². The van der Waals surface area contributed by atoms with Crippen LogP contribution < -0.4 is 5.32 Å². The zero-order chi connectivity index (χ0) is 20.7. The van der Waals surface area contributed by atoms with Gasteiger partial charge in [-0.15, -0.1) is 6.42 Å². The Morgan fingerprint density at radius 3 is 2.34 bits per heavy atom. The molecule has 0 spiro atoms. The highest BCUT2D eigenvalue weighted by atomic mass is 32.2. The van der Waals surface area contributed by atoms with E-state index in [4.69, 9.17) is 6.42 Å². The van der Waals surface area contributed by atoms with Gasteiger partial charge in [-0.1, -0.05) is 24.1 Å². The van der Waals surface area contributed by atoms with Crippen LogP contribution in [0.15, 0.2) is 64.8 Å². The first-order valence-corrected chi connectivity index (χ1v) is 11.0. The molecule has 7 nitrogen and oxygen atoms in total. The number of sulfone groups is 1. The molecule has 3 rings (SSSR count). The number of benzene rings is 2. The van der Waals surface area contributed by atoms with Crippen LogP contribution in [0.25, 0.3) is 0 Å². The van der Waals surface area contributed by atoms with Gasteiger partial charge in [-0.2, -0.15) is 10.2 Å². The van der Waals surface area contributed by atoms with E-state index in [1.54, 1.807) is 29.2 Å². The molecule has 1 unspecified atom stereocenters. The normalized spacial score (nSPS) is 18.0. The summed E-state index contributed by atoms with van der Waals surface area (Å²) in [4.78, 5) is 14.1. The zero-order valence-electron chi connectivity index (χ0n) is 15.9. The van der Waals surface area contributed by atoms with E-state index < -0.39 is 9.84 Å². The number of nitrogens with one attached hydrogen (secondary N) is 1. The summed E-state index contributed by atoms with van der Waals surface area (Å²) in [6.07, 6.45) is 5.89. The molecule has 1 fully saturated rings. The Morgan fingerprint density at radius 1 is 1.10 bits per heavy atom. The minimum Gasteiger partial charge on any atom is -0.325 e. The lowest BCUT2D eigenvalue weighted by atomic mass is 10.2. The molecule has 0 aromatic heterocycles. The van der Waals surface area contributed by atoms with E-state index in [9.17, 15) is 13.2 Å². The molecular weight excluding hydrogens is 388 g/mol. The molecule has 0 bridgehead atoms. The van der Waals surface area contributed by atoms with Crippen molar-refractivity contribution >= 4 is 32.8 Å². The minimum absolute atomic E-state index is 0.0415. The number of carbonyl (C=O) groups is 1. The molecule has 1 saturated heterocycles. The van der Waals surface area contributed by atoms with Gasteiger partial charge in [0.25, 0.3) is 0 Å². The fourth-order valence-electron chi connectivity index (χ4n) is 3.10. The number of hydrogen-bond acceptors (Lipinski definition) is 6. The molecule has 8 heteroatoms. The molecule has 1 heterocycles. The third-order valence-corrected chi connectivity index (χ3v) is 6.30. The fraction of sp³-hybridized carbons (Fsp3) is 0.286. The topological polar surface area (TPSA) is 91.2 Å². The van der Waals surface area contributed by atoms with Gasteiger partial charge in [-0.05, 0) is 42.8 Å². The number of amides is 1. The maximum absolute atomic E-state index is 12.4. The SMILES string of the molecule is C#CCN(CC(=O)Nc1ccc(N=Nc2ccccc2)cc1)C1CCS(=O)(=O)C1. The van der Waals surface area contributed by atoms with Gasteiger partial charge >= 0.3 is 0 Å². The Kier molecular flexibility index (Phi) is 6.75. The summed E-state index contributed by atoms with van der Waals surface area (Å²) in [7, 11) is -3.05. The molecule has 0 radical (unpaired) electrons. The molecule has 29 heavy (non-hydrogen) atoms. The number of hydrogen-bond donors (Lipinski definition) is 1. The standard InChI is InChI=1S/C21H22N4O3S/c1-2-13-25(20-12-14-29(27,28)16-20)15-21(26)22-17-8-10-19(11-9-17)24-23-18-6-4-3-5-7-18/h1,3-11,20H,12-16H2,(H,22,26). The lowest BCUT2D eigenvalue weighted by Crippen LogP contribution is -2.41. The molecule has 1 amide bonds. The van der Waals surface area contributed by atoms with Crippen LogP contribution >= 0.6 is 0 Å². The van der Waals surface area contributed by atoms with E-state index in [0.717, 1.165) is 5.69 Å². The molecule has 0 aliphatic carbocycles. The highest BCUT2D eigenvalue weighted by molar-refractivity contribution is 7.91. The molecule has 1 aliphatic heterocycles. The monoisotopic (exact) mass is 410 g/mol. The Labute approximate surface area is 170 Å². The number of terminal acetylenes is 1. The lowest BCUT2D eigenvalue weighted by molar-refractivity contribution is -0.117. The summed E-state index contributed by atoms with van der Waals surface area (Å²) in [6.45, 7) is 0.270. The predicted molar refractivity (Wildman–Crippen MR) is 113 cm³/mol. The number of anilines is 1. The van der Waals surface area contributed by atoms with Gasteiger partial charge in [0.2, 0.25) is 5.91 Å². The number of rotatable bonds is 7.